The van der Waals surface area contributed by atoms with Crippen molar-refractivity contribution in [2.75, 3.05) is 13.7 Å². The molecular weight excluding hydrogens is 298 g/mol. The maximum Gasteiger partial charge on any atom is 0.336 e. The van der Waals surface area contributed by atoms with Crippen LogP contribution in [0.5, 0.6) is 0 Å². The van der Waals surface area contributed by atoms with E-state index >= 15 is 0 Å². The zero-order valence-corrected chi connectivity index (χ0v) is 14.0. The summed E-state index contributed by atoms with van der Waals surface area (Å²) in [7, 11) is 1.44. The average molecular weight is 319 g/mol. The molecule has 1 aliphatic heterocycles. The van der Waals surface area contributed by atoms with E-state index in [0.29, 0.717) is 5.57 Å². The first-order valence-corrected chi connectivity index (χ1v) is 8.14. The van der Waals surface area contributed by atoms with E-state index in [9.17, 15) is 4.79 Å². The third-order valence-electron chi connectivity index (χ3n) is 4.26. The van der Waals surface area contributed by atoms with Crippen LogP contribution in [0, 0.1) is 0 Å². The van der Waals surface area contributed by atoms with Gasteiger partial charge < -0.3 is 9.64 Å². The summed E-state index contributed by atoms with van der Waals surface area (Å²) in [4.78, 5) is 14.8. The standard InChI is InChI=1S/C21H21NO2/c1-3-22-15-14-18(16-10-6-4-7-11-16)19(21(23)24-2)20(22)17-12-8-5-9-13-17/h4-15,18H,3H2,1-2H3. The largest absolute Gasteiger partial charge is 0.466 e. The van der Waals surface area contributed by atoms with E-state index in [1.54, 1.807) is 0 Å². The molecule has 24 heavy (non-hydrogen) atoms. The molecule has 122 valence electrons. The van der Waals surface area contributed by atoms with Crippen molar-refractivity contribution in [1.29, 1.82) is 0 Å². The van der Waals surface area contributed by atoms with Crippen LogP contribution >= 0.6 is 0 Å². The number of esters is 1. The van der Waals surface area contributed by atoms with Crippen molar-refractivity contribution in [3.05, 3.63) is 89.6 Å². The van der Waals surface area contributed by atoms with Crippen molar-refractivity contribution in [2.45, 2.75) is 12.8 Å². The molecule has 0 radical (unpaired) electrons. The highest BCUT2D eigenvalue weighted by molar-refractivity contribution is 6.00. The Morgan fingerprint density at radius 2 is 1.67 bits per heavy atom. The van der Waals surface area contributed by atoms with Gasteiger partial charge in [-0.1, -0.05) is 66.7 Å². The van der Waals surface area contributed by atoms with Gasteiger partial charge in [-0.3, -0.25) is 0 Å². The van der Waals surface area contributed by atoms with Gasteiger partial charge in [-0.25, -0.2) is 4.79 Å². The number of benzene rings is 2. The summed E-state index contributed by atoms with van der Waals surface area (Å²) in [6.07, 6.45) is 4.13. The predicted octanol–water partition coefficient (Wildman–Crippen LogP) is 4.20. The maximum atomic E-state index is 12.7. The van der Waals surface area contributed by atoms with E-state index < -0.39 is 0 Å². The van der Waals surface area contributed by atoms with E-state index in [-0.39, 0.29) is 11.9 Å². The third kappa shape index (κ3) is 2.98. The molecule has 0 fully saturated rings. The van der Waals surface area contributed by atoms with Gasteiger partial charge in [-0.05, 0) is 18.1 Å². The molecule has 0 aromatic heterocycles. The van der Waals surface area contributed by atoms with Gasteiger partial charge in [0.25, 0.3) is 0 Å². The number of ether oxygens (including phenoxy) is 1. The molecule has 1 heterocycles. The summed E-state index contributed by atoms with van der Waals surface area (Å²) < 4.78 is 5.13. The SMILES string of the molecule is CCN1C=CC(c2ccccc2)C(C(=O)OC)=C1c1ccccc1. The molecule has 0 N–H and O–H groups in total. The number of nitrogens with zero attached hydrogens (tertiary/aromatic N) is 1. The molecule has 0 saturated heterocycles. The minimum atomic E-state index is -0.287. The zero-order chi connectivity index (χ0) is 16.9. The van der Waals surface area contributed by atoms with Crippen LogP contribution < -0.4 is 0 Å². The quantitative estimate of drug-likeness (QED) is 0.791. The summed E-state index contributed by atoms with van der Waals surface area (Å²) in [5, 5.41) is 0. The lowest BCUT2D eigenvalue weighted by atomic mass is 9.85. The van der Waals surface area contributed by atoms with Gasteiger partial charge in [0.1, 0.15) is 0 Å². The summed E-state index contributed by atoms with van der Waals surface area (Å²) in [6.45, 7) is 2.85. The van der Waals surface area contributed by atoms with Gasteiger partial charge in [-0.15, -0.1) is 0 Å². The smallest absolute Gasteiger partial charge is 0.336 e. The highest BCUT2D eigenvalue weighted by atomic mass is 16.5. The van der Waals surface area contributed by atoms with Gasteiger partial charge >= 0.3 is 5.97 Å². The minimum Gasteiger partial charge on any atom is -0.466 e. The van der Waals surface area contributed by atoms with Crippen LogP contribution in [0.4, 0.5) is 0 Å². The van der Waals surface area contributed by atoms with E-state index in [2.05, 4.69) is 24.1 Å². The van der Waals surface area contributed by atoms with Gasteiger partial charge in [0.2, 0.25) is 0 Å². The van der Waals surface area contributed by atoms with Gasteiger partial charge in [0, 0.05) is 18.7 Å². The van der Waals surface area contributed by atoms with Crippen LogP contribution in [-0.2, 0) is 9.53 Å². The second kappa shape index (κ2) is 7.18. The fourth-order valence-corrected chi connectivity index (χ4v) is 3.12. The monoisotopic (exact) mass is 319 g/mol. The number of rotatable bonds is 4. The Morgan fingerprint density at radius 1 is 1.04 bits per heavy atom. The van der Waals surface area contributed by atoms with Crippen molar-refractivity contribution >= 4 is 11.7 Å². The highest BCUT2D eigenvalue weighted by Gasteiger charge is 2.31. The Labute approximate surface area is 142 Å². The van der Waals surface area contributed by atoms with E-state index in [4.69, 9.17) is 4.74 Å². The van der Waals surface area contributed by atoms with Crippen LogP contribution in [0.1, 0.15) is 24.0 Å². The first kappa shape index (κ1) is 16.1. The topological polar surface area (TPSA) is 29.5 Å². The summed E-state index contributed by atoms with van der Waals surface area (Å²) >= 11 is 0. The van der Waals surface area contributed by atoms with Crippen molar-refractivity contribution < 1.29 is 9.53 Å². The fraction of sp³-hybridized carbons (Fsp3) is 0.190. The number of carbonyl (C=O) groups is 1. The Bertz CT molecular complexity index is 763. The molecule has 1 atom stereocenters. The van der Waals surface area contributed by atoms with E-state index in [0.717, 1.165) is 23.4 Å². The van der Waals surface area contributed by atoms with Crippen molar-refractivity contribution in [1.82, 2.24) is 4.90 Å². The van der Waals surface area contributed by atoms with Crippen LogP contribution in [0.3, 0.4) is 0 Å². The first-order chi connectivity index (χ1) is 11.8. The fourth-order valence-electron chi connectivity index (χ4n) is 3.12. The van der Waals surface area contributed by atoms with Gasteiger partial charge in [0.15, 0.2) is 0 Å². The molecule has 0 spiro atoms. The number of hydrogen-bond acceptors (Lipinski definition) is 3. The van der Waals surface area contributed by atoms with Gasteiger partial charge in [-0.2, -0.15) is 0 Å². The number of allylic oxidation sites excluding steroid dienone is 1. The van der Waals surface area contributed by atoms with Crippen molar-refractivity contribution in [3.8, 4) is 0 Å². The molecule has 2 aromatic carbocycles. The van der Waals surface area contributed by atoms with E-state index in [1.165, 1.54) is 7.11 Å². The summed E-state index contributed by atoms with van der Waals surface area (Å²) in [5.74, 6) is -0.401. The number of carbonyl (C=O) groups excluding carboxylic acids is 1. The first-order valence-electron chi connectivity index (χ1n) is 8.14. The van der Waals surface area contributed by atoms with Gasteiger partial charge in [0.05, 0.1) is 18.4 Å². The lowest BCUT2D eigenvalue weighted by Crippen LogP contribution is -2.26. The predicted molar refractivity (Wildman–Crippen MR) is 96.1 cm³/mol. The summed E-state index contributed by atoms with van der Waals surface area (Å²) in [6, 6.07) is 20.1. The Balaban J connectivity index is 2.21. The molecule has 3 rings (SSSR count). The maximum absolute atomic E-state index is 12.7. The Morgan fingerprint density at radius 3 is 2.25 bits per heavy atom. The molecule has 0 aliphatic carbocycles. The van der Waals surface area contributed by atoms with Crippen LogP contribution in [0.15, 0.2) is 78.5 Å². The zero-order valence-electron chi connectivity index (χ0n) is 14.0. The number of methoxy groups -OCH3 is 1. The third-order valence-corrected chi connectivity index (χ3v) is 4.26. The molecule has 0 amide bonds. The van der Waals surface area contributed by atoms with Crippen molar-refractivity contribution in [3.63, 3.8) is 0 Å². The average Bonchev–Trinajstić information content (AvgIpc) is 2.67. The van der Waals surface area contributed by atoms with Crippen LogP contribution in [0.25, 0.3) is 5.70 Å². The molecule has 0 saturated carbocycles. The molecule has 0 bridgehead atoms. The van der Waals surface area contributed by atoms with Crippen molar-refractivity contribution in [2.24, 2.45) is 0 Å². The lowest BCUT2D eigenvalue weighted by molar-refractivity contribution is -0.136. The molecule has 1 unspecified atom stereocenters. The normalized spacial score (nSPS) is 17.1. The van der Waals surface area contributed by atoms with E-state index in [1.807, 2.05) is 60.7 Å². The molecule has 3 heteroatoms. The Kier molecular flexibility index (Phi) is 4.80. The minimum absolute atomic E-state index is 0.114. The molecule has 1 aliphatic rings. The van der Waals surface area contributed by atoms with Crippen LogP contribution in [-0.4, -0.2) is 24.5 Å². The summed E-state index contributed by atoms with van der Waals surface area (Å²) in [5.41, 5.74) is 3.70. The highest BCUT2D eigenvalue weighted by Crippen LogP contribution is 2.38. The number of hydrogen-bond donors (Lipinski definition) is 0. The van der Waals surface area contributed by atoms with Crippen LogP contribution in [0.2, 0.25) is 0 Å². The Hall–Kier alpha value is -2.81. The molecule has 2 aromatic rings. The molecular formula is C21H21NO2. The lowest BCUT2D eigenvalue weighted by Gasteiger charge is -2.32. The molecule has 3 nitrogen and oxygen atoms in total. The second-order valence-electron chi connectivity index (χ2n) is 5.64. The second-order valence-corrected chi connectivity index (χ2v) is 5.64.